The predicted octanol–water partition coefficient (Wildman–Crippen LogP) is 3.81. The van der Waals surface area contributed by atoms with Crippen molar-refractivity contribution in [2.45, 2.75) is 63.4 Å². The van der Waals surface area contributed by atoms with Crippen LogP contribution in [0.5, 0.6) is 0 Å². The molecule has 1 saturated carbocycles. The van der Waals surface area contributed by atoms with Gasteiger partial charge in [-0.1, -0.05) is 43.5 Å². The van der Waals surface area contributed by atoms with Crippen LogP contribution in [0.3, 0.4) is 0 Å². The first-order valence-corrected chi connectivity index (χ1v) is 7.86. The molecular weight excluding hydrogens is 246 g/mol. The van der Waals surface area contributed by atoms with Gasteiger partial charge in [-0.05, 0) is 37.8 Å². The van der Waals surface area contributed by atoms with Crippen LogP contribution in [0.15, 0.2) is 24.3 Å². The van der Waals surface area contributed by atoms with Gasteiger partial charge in [0.25, 0.3) is 0 Å². The van der Waals surface area contributed by atoms with E-state index in [1.807, 2.05) is 0 Å². The van der Waals surface area contributed by atoms with E-state index in [0.717, 1.165) is 13.0 Å². The molecule has 0 aliphatic heterocycles. The molecule has 0 atom stereocenters. The number of hydrogen-bond donors (Lipinski definition) is 1. The fourth-order valence-electron chi connectivity index (χ4n) is 3.41. The molecule has 0 radical (unpaired) electrons. The highest BCUT2D eigenvalue weighted by Gasteiger charge is 2.32. The van der Waals surface area contributed by atoms with E-state index in [1.54, 1.807) is 7.11 Å². The summed E-state index contributed by atoms with van der Waals surface area (Å²) in [6, 6.07) is 9.01. The van der Waals surface area contributed by atoms with Gasteiger partial charge in [-0.2, -0.15) is 0 Å². The molecular formula is C18H29NO. The zero-order chi connectivity index (χ0) is 14.6. The lowest BCUT2D eigenvalue weighted by molar-refractivity contribution is 0.0232. The normalized spacial score (nSPS) is 19.0. The van der Waals surface area contributed by atoms with E-state index in [1.165, 1.54) is 43.2 Å². The van der Waals surface area contributed by atoms with Crippen molar-refractivity contribution in [3.05, 3.63) is 35.4 Å². The Hall–Kier alpha value is -0.860. The number of nitrogens with two attached hydrogens (primary N) is 1. The van der Waals surface area contributed by atoms with E-state index in [-0.39, 0.29) is 11.0 Å². The molecule has 1 aromatic carbocycles. The Balaban J connectivity index is 2.24. The van der Waals surface area contributed by atoms with E-state index in [2.05, 4.69) is 38.1 Å². The maximum absolute atomic E-state index is 6.15. The molecule has 1 aromatic rings. The Kier molecular flexibility index (Phi) is 4.87. The van der Waals surface area contributed by atoms with E-state index < -0.39 is 0 Å². The zero-order valence-corrected chi connectivity index (χ0v) is 13.2. The molecule has 2 rings (SSSR count). The summed E-state index contributed by atoms with van der Waals surface area (Å²) in [5.74, 6) is 0. The Morgan fingerprint density at radius 2 is 1.90 bits per heavy atom. The SMILES string of the molecule is COC(C)(C)Cc1cccc(C2(CN)CCCCC2)c1. The summed E-state index contributed by atoms with van der Waals surface area (Å²) in [5, 5.41) is 0. The summed E-state index contributed by atoms with van der Waals surface area (Å²) >= 11 is 0. The molecule has 1 aliphatic rings. The van der Waals surface area contributed by atoms with Crippen molar-refractivity contribution in [2.75, 3.05) is 13.7 Å². The van der Waals surface area contributed by atoms with Gasteiger partial charge in [-0.3, -0.25) is 0 Å². The number of benzene rings is 1. The molecule has 0 heterocycles. The van der Waals surface area contributed by atoms with Crippen molar-refractivity contribution in [1.82, 2.24) is 0 Å². The second-order valence-corrected chi connectivity index (χ2v) is 6.89. The number of ether oxygens (including phenoxy) is 1. The molecule has 0 spiro atoms. The van der Waals surface area contributed by atoms with E-state index in [4.69, 9.17) is 10.5 Å². The maximum atomic E-state index is 6.15. The maximum Gasteiger partial charge on any atom is 0.0662 e. The molecule has 0 bridgehead atoms. The predicted molar refractivity (Wildman–Crippen MR) is 85.1 cm³/mol. The highest BCUT2D eigenvalue weighted by Crippen LogP contribution is 2.39. The molecule has 0 amide bonds. The smallest absolute Gasteiger partial charge is 0.0662 e. The highest BCUT2D eigenvalue weighted by atomic mass is 16.5. The van der Waals surface area contributed by atoms with Crippen LogP contribution in [-0.2, 0) is 16.6 Å². The average Bonchev–Trinajstić information content (AvgIpc) is 2.48. The second-order valence-electron chi connectivity index (χ2n) is 6.89. The summed E-state index contributed by atoms with van der Waals surface area (Å²) < 4.78 is 5.55. The Labute approximate surface area is 123 Å². The van der Waals surface area contributed by atoms with Crippen molar-refractivity contribution in [2.24, 2.45) is 5.73 Å². The third-order valence-electron chi connectivity index (χ3n) is 4.92. The van der Waals surface area contributed by atoms with Gasteiger partial charge in [0.05, 0.1) is 5.60 Å². The van der Waals surface area contributed by atoms with Crippen LogP contribution in [0.25, 0.3) is 0 Å². The fraction of sp³-hybridized carbons (Fsp3) is 0.667. The average molecular weight is 275 g/mol. The van der Waals surface area contributed by atoms with E-state index in [9.17, 15) is 0 Å². The molecule has 20 heavy (non-hydrogen) atoms. The molecule has 1 fully saturated rings. The molecule has 0 saturated heterocycles. The second kappa shape index (κ2) is 6.28. The fourth-order valence-corrected chi connectivity index (χ4v) is 3.41. The van der Waals surface area contributed by atoms with Gasteiger partial charge >= 0.3 is 0 Å². The summed E-state index contributed by atoms with van der Waals surface area (Å²) in [6.45, 7) is 5.04. The van der Waals surface area contributed by atoms with Crippen molar-refractivity contribution in [3.63, 3.8) is 0 Å². The Morgan fingerprint density at radius 3 is 2.50 bits per heavy atom. The minimum Gasteiger partial charge on any atom is -0.378 e. The first-order chi connectivity index (χ1) is 9.51. The zero-order valence-electron chi connectivity index (χ0n) is 13.2. The van der Waals surface area contributed by atoms with Crippen molar-refractivity contribution < 1.29 is 4.74 Å². The van der Waals surface area contributed by atoms with Crippen LogP contribution < -0.4 is 5.73 Å². The number of methoxy groups -OCH3 is 1. The first kappa shape index (κ1) is 15.5. The summed E-state index contributed by atoms with van der Waals surface area (Å²) in [5.41, 5.74) is 9.04. The summed E-state index contributed by atoms with van der Waals surface area (Å²) in [6.07, 6.45) is 7.40. The molecule has 112 valence electrons. The van der Waals surface area contributed by atoms with Gasteiger partial charge in [0.2, 0.25) is 0 Å². The minimum atomic E-state index is -0.110. The van der Waals surface area contributed by atoms with Crippen LogP contribution in [0.1, 0.15) is 57.1 Å². The van der Waals surface area contributed by atoms with E-state index >= 15 is 0 Å². The summed E-state index contributed by atoms with van der Waals surface area (Å²) in [4.78, 5) is 0. The van der Waals surface area contributed by atoms with Crippen LogP contribution >= 0.6 is 0 Å². The van der Waals surface area contributed by atoms with Gasteiger partial charge in [0.15, 0.2) is 0 Å². The van der Waals surface area contributed by atoms with Gasteiger partial charge in [-0.15, -0.1) is 0 Å². The lowest BCUT2D eigenvalue weighted by Gasteiger charge is -2.37. The summed E-state index contributed by atoms with van der Waals surface area (Å²) in [7, 11) is 1.78. The van der Waals surface area contributed by atoms with Crippen LogP contribution in [0.2, 0.25) is 0 Å². The van der Waals surface area contributed by atoms with Gasteiger partial charge in [-0.25, -0.2) is 0 Å². The lowest BCUT2D eigenvalue weighted by Crippen LogP contribution is -2.37. The monoisotopic (exact) mass is 275 g/mol. The lowest BCUT2D eigenvalue weighted by atomic mass is 9.69. The third kappa shape index (κ3) is 3.42. The standard InChI is InChI=1S/C18H29NO/c1-17(2,20-3)13-15-8-7-9-16(12-15)18(14-19)10-5-4-6-11-18/h7-9,12H,4-6,10-11,13-14,19H2,1-3H3. The molecule has 1 aliphatic carbocycles. The van der Waals surface area contributed by atoms with Crippen molar-refractivity contribution in [3.8, 4) is 0 Å². The largest absolute Gasteiger partial charge is 0.378 e. The minimum absolute atomic E-state index is 0.110. The Bertz CT molecular complexity index is 433. The number of rotatable bonds is 5. The van der Waals surface area contributed by atoms with Crippen LogP contribution in [0, 0.1) is 0 Å². The van der Waals surface area contributed by atoms with Crippen molar-refractivity contribution >= 4 is 0 Å². The highest BCUT2D eigenvalue weighted by molar-refractivity contribution is 5.32. The molecule has 2 heteroatoms. The third-order valence-corrected chi connectivity index (χ3v) is 4.92. The first-order valence-electron chi connectivity index (χ1n) is 7.86. The van der Waals surface area contributed by atoms with Crippen LogP contribution in [0.4, 0.5) is 0 Å². The number of hydrogen-bond acceptors (Lipinski definition) is 2. The van der Waals surface area contributed by atoms with Crippen molar-refractivity contribution in [1.29, 1.82) is 0 Å². The van der Waals surface area contributed by atoms with Gasteiger partial charge in [0.1, 0.15) is 0 Å². The molecule has 0 unspecified atom stereocenters. The molecule has 0 aromatic heterocycles. The van der Waals surface area contributed by atoms with Gasteiger partial charge < -0.3 is 10.5 Å². The Morgan fingerprint density at radius 1 is 1.20 bits per heavy atom. The topological polar surface area (TPSA) is 35.2 Å². The van der Waals surface area contributed by atoms with E-state index in [0.29, 0.717) is 0 Å². The van der Waals surface area contributed by atoms with Gasteiger partial charge in [0, 0.05) is 25.5 Å². The quantitative estimate of drug-likeness (QED) is 0.886. The van der Waals surface area contributed by atoms with Crippen LogP contribution in [-0.4, -0.2) is 19.3 Å². The molecule has 2 N–H and O–H groups in total. The molecule has 2 nitrogen and oxygen atoms in total.